The highest BCUT2D eigenvalue weighted by atomic mass is 35.5. The van der Waals surface area contributed by atoms with Crippen LogP contribution in [0.25, 0.3) is 0 Å². The van der Waals surface area contributed by atoms with Gasteiger partial charge < -0.3 is 4.74 Å². The van der Waals surface area contributed by atoms with Crippen molar-refractivity contribution in [1.82, 2.24) is 0 Å². The largest absolute Gasteiger partial charge is 0.485 e. The average molecular weight is 293 g/mol. The zero-order valence-electron chi connectivity index (χ0n) is 10.9. The molecule has 0 amide bonds. The normalized spacial score (nSPS) is 12.1. The van der Waals surface area contributed by atoms with E-state index in [9.17, 15) is 0 Å². The van der Waals surface area contributed by atoms with Gasteiger partial charge in [-0.2, -0.15) is 0 Å². The van der Waals surface area contributed by atoms with E-state index in [1.807, 2.05) is 36.4 Å². The summed E-state index contributed by atoms with van der Waals surface area (Å²) in [6.07, 6.45) is 2.86. The van der Waals surface area contributed by atoms with Crippen molar-refractivity contribution in [2.24, 2.45) is 0 Å². The predicted molar refractivity (Wildman–Crippen MR) is 83.4 cm³/mol. The Morgan fingerprint density at radius 3 is 2.42 bits per heavy atom. The molecule has 2 rings (SSSR count). The lowest BCUT2D eigenvalue weighted by atomic mass is 10.1. The molecule has 0 aromatic heterocycles. The highest BCUT2D eigenvalue weighted by molar-refractivity contribution is 7.98. The Morgan fingerprint density at radius 2 is 1.74 bits per heavy atom. The fourth-order valence-electron chi connectivity index (χ4n) is 1.93. The lowest BCUT2D eigenvalue weighted by Crippen LogP contribution is -2.08. The summed E-state index contributed by atoms with van der Waals surface area (Å²) in [7, 11) is 0. The van der Waals surface area contributed by atoms with Gasteiger partial charge in [0, 0.05) is 17.2 Å². The summed E-state index contributed by atoms with van der Waals surface area (Å²) >= 11 is 7.59. The van der Waals surface area contributed by atoms with E-state index in [1.165, 1.54) is 5.56 Å². The minimum Gasteiger partial charge on any atom is -0.485 e. The summed E-state index contributed by atoms with van der Waals surface area (Å²) in [5.74, 6) is 1.51. The number of thioether (sulfide) groups is 1. The van der Waals surface area contributed by atoms with E-state index >= 15 is 0 Å². The third kappa shape index (κ3) is 3.92. The Balaban J connectivity index is 2.21. The molecule has 1 nitrogen and oxygen atoms in total. The summed E-state index contributed by atoms with van der Waals surface area (Å²) in [6, 6.07) is 18.3. The third-order valence-corrected chi connectivity index (χ3v) is 3.88. The quantitative estimate of drug-likeness (QED) is 0.537. The molecule has 0 unspecified atom stereocenters. The predicted octanol–water partition coefficient (Wildman–Crippen LogP) is 5.16. The molecule has 0 heterocycles. The zero-order valence-corrected chi connectivity index (χ0v) is 12.5. The first kappa shape index (κ1) is 14.3. The number of para-hydroxylation sites is 1. The topological polar surface area (TPSA) is 9.23 Å². The Kier molecular flexibility index (Phi) is 5.62. The van der Waals surface area contributed by atoms with Gasteiger partial charge in [0.2, 0.25) is 0 Å². The van der Waals surface area contributed by atoms with Crippen LogP contribution in [0.4, 0.5) is 0 Å². The second kappa shape index (κ2) is 7.46. The van der Waals surface area contributed by atoms with Crippen LogP contribution in [0.3, 0.4) is 0 Å². The molecule has 19 heavy (non-hydrogen) atoms. The molecular formula is C16H17ClOS. The van der Waals surface area contributed by atoms with Crippen LogP contribution in [0, 0.1) is 0 Å². The van der Waals surface area contributed by atoms with Gasteiger partial charge in [-0.05, 0) is 24.0 Å². The Labute approximate surface area is 123 Å². The standard InChI is InChI=1S/C16H17ClOS/c1-19-16-10-6-5-9-15(16)18-14(11-12-17)13-7-3-2-4-8-13/h2-10,14H,11-12H2,1H3/t14-/m1/s1. The maximum absolute atomic E-state index is 6.16. The number of halogens is 1. The van der Waals surface area contributed by atoms with Crippen molar-refractivity contribution in [2.75, 3.05) is 12.1 Å². The van der Waals surface area contributed by atoms with Crippen LogP contribution in [-0.2, 0) is 0 Å². The first-order valence-electron chi connectivity index (χ1n) is 6.25. The van der Waals surface area contributed by atoms with Crippen LogP contribution in [0.2, 0.25) is 0 Å². The molecule has 2 aromatic rings. The number of rotatable bonds is 6. The summed E-state index contributed by atoms with van der Waals surface area (Å²) < 4.78 is 6.16. The van der Waals surface area contributed by atoms with E-state index in [2.05, 4.69) is 24.5 Å². The van der Waals surface area contributed by atoms with E-state index < -0.39 is 0 Å². The van der Waals surface area contributed by atoms with Crippen LogP contribution in [0.1, 0.15) is 18.1 Å². The molecule has 0 aliphatic carbocycles. The van der Waals surface area contributed by atoms with Gasteiger partial charge in [-0.15, -0.1) is 23.4 Å². The van der Waals surface area contributed by atoms with Crippen molar-refractivity contribution >= 4 is 23.4 Å². The molecule has 3 heteroatoms. The fraction of sp³-hybridized carbons (Fsp3) is 0.250. The van der Waals surface area contributed by atoms with Crippen LogP contribution in [0.5, 0.6) is 5.75 Å². The molecule has 0 fully saturated rings. The van der Waals surface area contributed by atoms with Crippen LogP contribution in [-0.4, -0.2) is 12.1 Å². The first-order valence-corrected chi connectivity index (χ1v) is 8.01. The summed E-state index contributed by atoms with van der Waals surface area (Å²) in [5, 5.41) is 0. The van der Waals surface area contributed by atoms with Gasteiger partial charge in [0.05, 0.1) is 0 Å². The van der Waals surface area contributed by atoms with Crippen molar-refractivity contribution in [3.05, 3.63) is 60.2 Å². The van der Waals surface area contributed by atoms with Crippen molar-refractivity contribution in [2.45, 2.75) is 17.4 Å². The molecule has 100 valence electrons. The fourth-order valence-corrected chi connectivity index (χ4v) is 2.66. The highest BCUT2D eigenvalue weighted by Gasteiger charge is 2.14. The molecule has 0 radical (unpaired) electrons. The minimum atomic E-state index is 0.00648. The van der Waals surface area contributed by atoms with E-state index in [1.54, 1.807) is 11.8 Å². The van der Waals surface area contributed by atoms with Crippen LogP contribution < -0.4 is 4.74 Å². The maximum atomic E-state index is 6.16. The second-order valence-corrected chi connectivity index (χ2v) is 5.37. The molecule has 0 spiro atoms. The summed E-state index contributed by atoms with van der Waals surface area (Å²) in [5.41, 5.74) is 1.17. The summed E-state index contributed by atoms with van der Waals surface area (Å²) in [4.78, 5) is 1.15. The minimum absolute atomic E-state index is 0.00648. The first-order chi connectivity index (χ1) is 9.35. The number of hydrogen-bond donors (Lipinski definition) is 0. The molecular weight excluding hydrogens is 276 g/mol. The van der Waals surface area contributed by atoms with Crippen LogP contribution >= 0.6 is 23.4 Å². The van der Waals surface area contributed by atoms with Crippen molar-refractivity contribution in [1.29, 1.82) is 0 Å². The van der Waals surface area contributed by atoms with Gasteiger partial charge in [-0.25, -0.2) is 0 Å². The maximum Gasteiger partial charge on any atom is 0.133 e. The average Bonchev–Trinajstić information content (AvgIpc) is 2.48. The molecule has 1 atom stereocenters. The lowest BCUT2D eigenvalue weighted by Gasteiger charge is -2.20. The third-order valence-electron chi connectivity index (χ3n) is 2.88. The van der Waals surface area contributed by atoms with Gasteiger partial charge in [-0.1, -0.05) is 42.5 Å². The molecule has 0 N–H and O–H groups in total. The number of hydrogen-bond acceptors (Lipinski definition) is 2. The Bertz CT molecular complexity index is 501. The second-order valence-electron chi connectivity index (χ2n) is 4.15. The molecule has 0 aliphatic rings. The number of ether oxygens (including phenoxy) is 1. The van der Waals surface area contributed by atoms with Crippen molar-refractivity contribution in [3.63, 3.8) is 0 Å². The molecule has 2 aromatic carbocycles. The van der Waals surface area contributed by atoms with Crippen LogP contribution in [0.15, 0.2) is 59.5 Å². The van der Waals surface area contributed by atoms with E-state index in [0.717, 1.165) is 17.1 Å². The summed E-state index contributed by atoms with van der Waals surface area (Å²) in [6.45, 7) is 0. The van der Waals surface area contributed by atoms with Crippen molar-refractivity contribution in [3.8, 4) is 5.75 Å². The van der Waals surface area contributed by atoms with Gasteiger partial charge >= 0.3 is 0 Å². The molecule has 0 saturated heterocycles. The number of benzene rings is 2. The SMILES string of the molecule is CSc1ccccc1O[C@H](CCCl)c1ccccc1. The molecule has 0 aliphatic heterocycles. The van der Waals surface area contributed by atoms with E-state index in [4.69, 9.17) is 16.3 Å². The monoisotopic (exact) mass is 292 g/mol. The zero-order chi connectivity index (χ0) is 13.5. The highest BCUT2D eigenvalue weighted by Crippen LogP contribution is 2.32. The van der Waals surface area contributed by atoms with Gasteiger partial charge in [0.15, 0.2) is 0 Å². The van der Waals surface area contributed by atoms with Crippen molar-refractivity contribution < 1.29 is 4.74 Å². The van der Waals surface area contributed by atoms with E-state index in [0.29, 0.717) is 5.88 Å². The molecule has 0 bridgehead atoms. The van der Waals surface area contributed by atoms with E-state index in [-0.39, 0.29) is 6.10 Å². The Hall–Kier alpha value is -1.12. The Morgan fingerprint density at radius 1 is 1.05 bits per heavy atom. The van der Waals surface area contributed by atoms with Gasteiger partial charge in [-0.3, -0.25) is 0 Å². The lowest BCUT2D eigenvalue weighted by molar-refractivity contribution is 0.197. The smallest absolute Gasteiger partial charge is 0.133 e. The van der Waals surface area contributed by atoms with Gasteiger partial charge in [0.1, 0.15) is 11.9 Å². The molecule has 0 saturated carbocycles. The van der Waals surface area contributed by atoms with Gasteiger partial charge in [0.25, 0.3) is 0 Å². The number of alkyl halides is 1.